The van der Waals surface area contributed by atoms with Gasteiger partial charge in [0.05, 0.1) is 7.11 Å². The van der Waals surface area contributed by atoms with Crippen LogP contribution in [0, 0.1) is 12.7 Å². The number of rotatable bonds is 2. The van der Waals surface area contributed by atoms with E-state index in [2.05, 4.69) is 0 Å². The number of methoxy groups -OCH3 is 1. The molecule has 0 radical (unpaired) electrons. The topological polar surface area (TPSA) is 44.5 Å². The van der Waals surface area contributed by atoms with Gasteiger partial charge in [-0.25, -0.2) is 4.39 Å². The Morgan fingerprint density at radius 1 is 1.24 bits per heavy atom. The minimum absolute atomic E-state index is 0.126. The molecule has 3 nitrogen and oxygen atoms in total. The van der Waals surface area contributed by atoms with Gasteiger partial charge in [0.1, 0.15) is 23.4 Å². The number of benzene rings is 2. The van der Waals surface area contributed by atoms with Crippen LogP contribution in [-0.2, 0) is 0 Å². The molecule has 110 valence electrons. The monoisotopic (exact) mass is 287 g/mol. The zero-order valence-corrected chi connectivity index (χ0v) is 12.1. The lowest BCUT2D eigenvalue weighted by molar-refractivity contribution is 0.161. The minimum Gasteiger partial charge on any atom is -0.497 e. The highest BCUT2D eigenvalue weighted by Gasteiger charge is 2.27. The van der Waals surface area contributed by atoms with Crippen molar-refractivity contribution in [2.24, 2.45) is 5.73 Å². The number of nitrogens with two attached hydrogens (primary N) is 1. The first kappa shape index (κ1) is 13.9. The molecule has 0 saturated carbocycles. The molecule has 0 amide bonds. The molecule has 1 heterocycles. The van der Waals surface area contributed by atoms with Gasteiger partial charge in [0, 0.05) is 18.0 Å². The van der Waals surface area contributed by atoms with Gasteiger partial charge in [-0.3, -0.25) is 0 Å². The molecule has 1 aliphatic rings. The summed E-state index contributed by atoms with van der Waals surface area (Å²) < 4.78 is 24.6. The van der Waals surface area contributed by atoms with Gasteiger partial charge in [-0.1, -0.05) is 6.07 Å². The number of hydrogen-bond acceptors (Lipinski definition) is 3. The fourth-order valence-electron chi connectivity index (χ4n) is 2.68. The summed E-state index contributed by atoms with van der Waals surface area (Å²) in [7, 11) is 1.63. The number of hydrogen-bond donors (Lipinski definition) is 1. The van der Waals surface area contributed by atoms with Crippen LogP contribution in [0.3, 0.4) is 0 Å². The van der Waals surface area contributed by atoms with Crippen LogP contribution in [0.1, 0.15) is 35.3 Å². The summed E-state index contributed by atoms with van der Waals surface area (Å²) in [6.07, 6.45) is 0.505. The Kier molecular flexibility index (Phi) is 3.55. The SMILES string of the molecule is COc1ccc2c(c1)C(N)CC(c1ccc(F)c(C)c1)O2. The second-order valence-corrected chi connectivity index (χ2v) is 5.36. The number of aryl methyl sites for hydroxylation is 1. The molecule has 0 bridgehead atoms. The molecule has 0 fully saturated rings. The van der Waals surface area contributed by atoms with Gasteiger partial charge in [0.25, 0.3) is 0 Å². The highest BCUT2D eigenvalue weighted by Crippen LogP contribution is 2.41. The van der Waals surface area contributed by atoms with E-state index in [1.165, 1.54) is 6.07 Å². The first-order chi connectivity index (χ1) is 10.1. The van der Waals surface area contributed by atoms with Crippen LogP contribution < -0.4 is 15.2 Å². The summed E-state index contributed by atoms with van der Waals surface area (Å²) in [5.74, 6) is 1.33. The Labute approximate surface area is 123 Å². The van der Waals surface area contributed by atoms with Gasteiger partial charge in [0.15, 0.2) is 0 Å². The largest absolute Gasteiger partial charge is 0.497 e. The first-order valence-corrected chi connectivity index (χ1v) is 6.94. The molecular formula is C17H18FNO2. The summed E-state index contributed by atoms with van der Waals surface area (Å²) in [6, 6.07) is 10.6. The second-order valence-electron chi connectivity index (χ2n) is 5.36. The summed E-state index contributed by atoms with van der Waals surface area (Å²) in [5, 5.41) is 0. The Morgan fingerprint density at radius 3 is 2.76 bits per heavy atom. The van der Waals surface area contributed by atoms with Gasteiger partial charge in [-0.15, -0.1) is 0 Å². The van der Waals surface area contributed by atoms with Crippen molar-refractivity contribution in [1.82, 2.24) is 0 Å². The van der Waals surface area contributed by atoms with E-state index in [0.717, 1.165) is 22.6 Å². The molecule has 2 N–H and O–H groups in total. The number of halogens is 1. The summed E-state index contributed by atoms with van der Waals surface area (Å²) >= 11 is 0. The molecule has 1 aliphatic heterocycles. The zero-order chi connectivity index (χ0) is 15.0. The second kappa shape index (κ2) is 5.37. The van der Waals surface area contributed by atoms with Gasteiger partial charge in [0.2, 0.25) is 0 Å². The molecule has 0 aromatic heterocycles. The Hall–Kier alpha value is -2.07. The summed E-state index contributed by atoms with van der Waals surface area (Å²) in [6.45, 7) is 1.75. The Morgan fingerprint density at radius 2 is 2.05 bits per heavy atom. The average molecular weight is 287 g/mol. The van der Waals surface area contributed by atoms with Crippen molar-refractivity contribution in [2.75, 3.05) is 7.11 Å². The predicted molar refractivity (Wildman–Crippen MR) is 79.0 cm³/mol. The molecule has 4 heteroatoms. The summed E-state index contributed by atoms with van der Waals surface area (Å²) in [5.41, 5.74) is 8.77. The lowest BCUT2D eigenvalue weighted by atomic mass is 9.93. The fraction of sp³-hybridized carbons (Fsp3) is 0.294. The highest BCUT2D eigenvalue weighted by molar-refractivity contribution is 5.44. The highest BCUT2D eigenvalue weighted by atomic mass is 19.1. The Bertz CT molecular complexity index is 672. The maximum absolute atomic E-state index is 13.4. The van der Waals surface area contributed by atoms with Gasteiger partial charge < -0.3 is 15.2 Å². The van der Waals surface area contributed by atoms with Crippen molar-refractivity contribution in [2.45, 2.75) is 25.5 Å². The van der Waals surface area contributed by atoms with Crippen LogP contribution in [0.2, 0.25) is 0 Å². The van der Waals surface area contributed by atoms with E-state index in [1.54, 1.807) is 20.1 Å². The zero-order valence-electron chi connectivity index (χ0n) is 12.1. The van der Waals surface area contributed by atoms with Crippen LogP contribution >= 0.6 is 0 Å². The van der Waals surface area contributed by atoms with Crippen molar-refractivity contribution in [3.63, 3.8) is 0 Å². The van der Waals surface area contributed by atoms with E-state index in [-0.39, 0.29) is 18.0 Å². The van der Waals surface area contributed by atoms with Crippen LogP contribution in [-0.4, -0.2) is 7.11 Å². The van der Waals surface area contributed by atoms with E-state index < -0.39 is 0 Å². The molecule has 0 aliphatic carbocycles. The molecular weight excluding hydrogens is 269 g/mol. The fourth-order valence-corrected chi connectivity index (χ4v) is 2.68. The molecule has 2 aromatic carbocycles. The van der Waals surface area contributed by atoms with Crippen molar-refractivity contribution in [1.29, 1.82) is 0 Å². The quantitative estimate of drug-likeness (QED) is 0.916. The Balaban J connectivity index is 1.92. The average Bonchev–Trinajstić information content (AvgIpc) is 2.49. The van der Waals surface area contributed by atoms with Crippen LogP contribution in [0.25, 0.3) is 0 Å². The van der Waals surface area contributed by atoms with Crippen LogP contribution in [0.4, 0.5) is 4.39 Å². The molecule has 2 unspecified atom stereocenters. The molecule has 21 heavy (non-hydrogen) atoms. The van der Waals surface area contributed by atoms with E-state index in [9.17, 15) is 4.39 Å². The normalized spacial score (nSPS) is 20.6. The van der Waals surface area contributed by atoms with Crippen molar-refractivity contribution >= 4 is 0 Å². The van der Waals surface area contributed by atoms with E-state index in [4.69, 9.17) is 15.2 Å². The molecule has 0 saturated heterocycles. The van der Waals surface area contributed by atoms with Crippen LogP contribution in [0.5, 0.6) is 11.5 Å². The molecule has 3 rings (SSSR count). The van der Waals surface area contributed by atoms with E-state index in [0.29, 0.717) is 12.0 Å². The molecule has 2 aromatic rings. The molecule has 0 spiro atoms. The predicted octanol–water partition coefficient (Wildman–Crippen LogP) is 3.67. The van der Waals surface area contributed by atoms with Crippen LogP contribution in [0.15, 0.2) is 36.4 Å². The third-order valence-corrected chi connectivity index (χ3v) is 3.91. The van der Waals surface area contributed by atoms with Crippen molar-refractivity contribution in [3.05, 3.63) is 58.9 Å². The van der Waals surface area contributed by atoms with Gasteiger partial charge in [-0.2, -0.15) is 0 Å². The lowest BCUT2D eigenvalue weighted by Crippen LogP contribution is -2.24. The first-order valence-electron chi connectivity index (χ1n) is 6.94. The third kappa shape index (κ3) is 2.59. The maximum Gasteiger partial charge on any atom is 0.126 e. The van der Waals surface area contributed by atoms with E-state index in [1.807, 2.05) is 24.3 Å². The van der Waals surface area contributed by atoms with Gasteiger partial charge in [-0.05, 0) is 48.4 Å². The van der Waals surface area contributed by atoms with E-state index >= 15 is 0 Å². The number of ether oxygens (including phenoxy) is 2. The van der Waals surface area contributed by atoms with Gasteiger partial charge >= 0.3 is 0 Å². The molecule has 2 atom stereocenters. The summed E-state index contributed by atoms with van der Waals surface area (Å²) in [4.78, 5) is 0. The lowest BCUT2D eigenvalue weighted by Gasteiger charge is -2.31. The standard InChI is InChI=1S/C17H18FNO2/c1-10-7-11(3-5-14(10)18)17-9-15(19)13-8-12(20-2)4-6-16(13)21-17/h3-8,15,17H,9,19H2,1-2H3. The maximum atomic E-state index is 13.4. The smallest absolute Gasteiger partial charge is 0.126 e. The van der Waals surface area contributed by atoms with Crippen molar-refractivity contribution in [3.8, 4) is 11.5 Å². The number of fused-ring (bicyclic) bond motifs is 1. The van der Waals surface area contributed by atoms with Crippen molar-refractivity contribution < 1.29 is 13.9 Å². The third-order valence-electron chi connectivity index (χ3n) is 3.91. The minimum atomic E-state index is -0.205.